The average Bonchev–Trinajstić information content (AvgIpc) is 2.93. The van der Waals surface area contributed by atoms with Gasteiger partial charge in [-0.05, 0) is 38.1 Å². The Bertz CT molecular complexity index is 889. The number of halogens is 2. The maximum absolute atomic E-state index is 12.3. The van der Waals surface area contributed by atoms with E-state index in [0.717, 1.165) is 11.0 Å². The van der Waals surface area contributed by atoms with E-state index >= 15 is 0 Å². The van der Waals surface area contributed by atoms with Crippen molar-refractivity contribution in [2.45, 2.75) is 19.9 Å². The molecule has 0 spiro atoms. The molecule has 1 amide bonds. The monoisotopic (exact) mass is 348 g/mol. The average molecular weight is 349 g/mol. The van der Waals surface area contributed by atoms with Gasteiger partial charge in [-0.15, -0.1) is 0 Å². The fourth-order valence-electron chi connectivity index (χ4n) is 2.23. The Morgan fingerprint density at radius 2 is 1.96 bits per heavy atom. The van der Waals surface area contributed by atoms with E-state index in [1.807, 2.05) is 24.6 Å². The molecule has 1 aromatic carbocycles. The summed E-state index contributed by atoms with van der Waals surface area (Å²) in [5, 5.41) is 8.71. The largest absolute Gasteiger partial charge is 0.321 e. The smallest absolute Gasteiger partial charge is 0.255 e. The van der Waals surface area contributed by atoms with E-state index in [9.17, 15) is 4.79 Å². The maximum Gasteiger partial charge on any atom is 0.255 e. The lowest BCUT2D eigenvalue weighted by Crippen LogP contribution is -2.12. The highest BCUT2D eigenvalue weighted by atomic mass is 35.5. The second-order valence-corrected chi connectivity index (χ2v) is 6.22. The van der Waals surface area contributed by atoms with Gasteiger partial charge in [0.2, 0.25) is 0 Å². The summed E-state index contributed by atoms with van der Waals surface area (Å²) in [7, 11) is 0. The standard InChI is InChI=1S/C16H14Cl2N4O/c1-9(2)22-15-11(7-20-22)5-12(8-19-15)21-16(23)10-3-4-13(17)14(18)6-10/h3-9H,1-2H3,(H,21,23). The summed E-state index contributed by atoms with van der Waals surface area (Å²) in [4.78, 5) is 16.6. The molecule has 0 atom stereocenters. The minimum atomic E-state index is -0.277. The van der Waals surface area contributed by atoms with E-state index in [1.54, 1.807) is 24.5 Å². The van der Waals surface area contributed by atoms with Crippen molar-refractivity contribution in [2.24, 2.45) is 0 Å². The Hall–Kier alpha value is -2.11. The number of benzene rings is 1. The number of carbonyl (C=O) groups is 1. The molecule has 0 saturated heterocycles. The molecule has 2 heterocycles. The summed E-state index contributed by atoms with van der Waals surface area (Å²) in [5.74, 6) is -0.277. The number of rotatable bonds is 3. The first-order chi connectivity index (χ1) is 11.0. The van der Waals surface area contributed by atoms with Crippen LogP contribution in [0.2, 0.25) is 10.0 Å². The van der Waals surface area contributed by atoms with Crippen LogP contribution in [-0.4, -0.2) is 20.7 Å². The van der Waals surface area contributed by atoms with E-state index in [4.69, 9.17) is 23.2 Å². The number of nitrogens with zero attached hydrogens (tertiary/aromatic N) is 3. The van der Waals surface area contributed by atoms with Crippen LogP contribution in [0.5, 0.6) is 0 Å². The molecule has 23 heavy (non-hydrogen) atoms. The third-order valence-electron chi connectivity index (χ3n) is 3.36. The first-order valence-corrected chi connectivity index (χ1v) is 7.81. The van der Waals surface area contributed by atoms with E-state index in [1.165, 1.54) is 6.07 Å². The SMILES string of the molecule is CC(C)n1ncc2cc(NC(=O)c3ccc(Cl)c(Cl)c3)cnc21. The van der Waals surface area contributed by atoms with Gasteiger partial charge < -0.3 is 5.32 Å². The zero-order valence-electron chi connectivity index (χ0n) is 12.5. The lowest BCUT2D eigenvalue weighted by atomic mass is 10.2. The van der Waals surface area contributed by atoms with Crippen molar-refractivity contribution in [3.8, 4) is 0 Å². The molecule has 0 aliphatic heterocycles. The molecule has 5 nitrogen and oxygen atoms in total. The molecular formula is C16H14Cl2N4O. The number of carbonyl (C=O) groups excluding carboxylic acids is 1. The molecule has 0 saturated carbocycles. The summed E-state index contributed by atoms with van der Waals surface area (Å²) in [6.07, 6.45) is 3.34. The summed E-state index contributed by atoms with van der Waals surface area (Å²) in [6, 6.07) is 6.79. The number of nitrogens with one attached hydrogen (secondary N) is 1. The predicted molar refractivity (Wildman–Crippen MR) is 92.3 cm³/mol. The van der Waals surface area contributed by atoms with Crippen LogP contribution in [0, 0.1) is 0 Å². The molecule has 118 valence electrons. The van der Waals surface area contributed by atoms with Crippen molar-refractivity contribution in [3.05, 3.63) is 52.3 Å². The molecule has 0 aliphatic rings. The van der Waals surface area contributed by atoms with Crippen LogP contribution in [0.25, 0.3) is 11.0 Å². The number of hydrogen-bond acceptors (Lipinski definition) is 3. The van der Waals surface area contributed by atoms with Crippen LogP contribution in [0.3, 0.4) is 0 Å². The van der Waals surface area contributed by atoms with Gasteiger partial charge in [-0.3, -0.25) is 4.79 Å². The molecule has 2 aromatic heterocycles. The van der Waals surface area contributed by atoms with Gasteiger partial charge in [-0.2, -0.15) is 5.10 Å². The van der Waals surface area contributed by atoms with Gasteiger partial charge in [0, 0.05) is 17.0 Å². The number of fused-ring (bicyclic) bond motifs is 1. The van der Waals surface area contributed by atoms with E-state index in [-0.39, 0.29) is 11.9 Å². The van der Waals surface area contributed by atoms with E-state index < -0.39 is 0 Å². The van der Waals surface area contributed by atoms with Crippen molar-refractivity contribution in [2.75, 3.05) is 5.32 Å². The Morgan fingerprint density at radius 1 is 1.17 bits per heavy atom. The van der Waals surface area contributed by atoms with Gasteiger partial charge in [-0.1, -0.05) is 23.2 Å². The molecule has 0 unspecified atom stereocenters. The van der Waals surface area contributed by atoms with Crippen LogP contribution in [0.4, 0.5) is 5.69 Å². The Morgan fingerprint density at radius 3 is 2.65 bits per heavy atom. The molecule has 0 aliphatic carbocycles. The van der Waals surface area contributed by atoms with Crippen LogP contribution in [0.1, 0.15) is 30.2 Å². The summed E-state index contributed by atoms with van der Waals surface area (Å²) in [5.41, 5.74) is 1.81. The Balaban J connectivity index is 1.86. The van der Waals surface area contributed by atoms with Crippen LogP contribution < -0.4 is 5.32 Å². The third kappa shape index (κ3) is 3.16. The molecule has 0 fully saturated rings. The van der Waals surface area contributed by atoms with Gasteiger partial charge in [0.15, 0.2) is 5.65 Å². The van der Waals surface area contributed by atoms with Crippen molar-refractivity contribution in [1.82, 2.24) is 14.8 Å². The van der Waals surface area contributed by atoms with Crippen LogP contribution >= 0.6 is 23.2 Å². The second kappa shape index (κ2) is 6.18. The third-order valence-corrected chi connectivity index (χ3v) is 4.10. The van der Waals surface area contributed by atoms with Gasteiger partial charge in [0.05, 0.1) is 28.1 Å². The summed E-state index contributed by atoms with van der Waals surface area (Å²) in [6.45, 7) is 4.07. The first-order valence-electron chi connectivity index (χ1n) is 7.05. The second-order valence-electron chi connectivity index (χ2n) is 5.40. The minimum Gasteiger partial charge on any atom is -0.321 e. The van der Waals surface area contributed by atoms with E-state index in [0.29, 0.717) is 21.3 Å². The molecule has 3 rings (SSSR count). The Kier molecular flexibility index (Phi) is 4.24. The molecule has 7 heteroatoms. The zero-order chi connectivity index (χ0) is 16.6. The maximum atomic E-state index is 12.3. The molecule has 0 radical (unpaired) electrons. The van der Waals surface area contributed by atoms with Gasteiger partial charge in [0.1, 0.15) is 0 Å². The fourth-order valence-corrected chi connectivity index (χ4v) is 2.53. The molecule has 1 N–H and O–H groups in total. The molecular weight excluding hydrogens is 335 g/mol. The molecule has 3 aromatic rings. The lowest BCUT2D eigenvalue weighted by Gasteiger charge is -2.08. The van der Waals surface area contributed by atoms with Gasteiger partial charge in [-0.25, -0.2) is 9.67 Å². The van der Waals surface area contributed by atoms with Crippen LogP contribution in [0.15, 0.2) is 36.7 Å². The quantitative estimate of drug-likeness (QED) is 0.753. The number of amides is 1. The predicted octanol–water partition coefficient (Wildman–Crippen LogP) is 4.57. The van der Waals surface area contributed by atoms with Crippen molar-refractivity contribution >= 4 is 45.8 Å². The van der Waals surface area contributed by atoms with Gasteiger partial charge >= 0.3 is 0 Å². The van der Waals surface area contributed by atoms with Crippen LogP contribution in [-0.2, 0) is 0 Å². The zero-order valence-corrected chi connectivity index (χ0v) is 14.1. The number of hydrogen-bond donors (Lipinski definition) is 1. The van der Waals surface area contributed by atoms with Crippen molar-refractivity contribution in [3.63, 3.8) is 0 Å². The topological polar surface area (TPSA) is 59.8 Å². The van der Waals surface area contributed by atoms with Gasteiger partial charge in [0.25, 0.3) is 5.91 Å². The number of pyridine rings is 1. The fraction of sp³-hybridized carbons (Fsp3) is 0.188. The molecule has 0 bridgehead atoms. The Labute approximate surface area is 143 Å². The normalized spacial score (nSPS) is 11.2. The first kappa shape index (κ1) is 15.8. The summed E-state index contributed by atoms with van der Waals surface area (Å²) < 4.78 is 1.83. The van der Waals surface area contributed by atoms with E-state index in [2.05, 4.69) is 15.4 Å². The summed E-state index contributed by atoms with van der Waals surface area (Å²) >= 11 is 11.8. The highest BCUT2D eigenvalue weighted by molar-refractivity contribution is 6.42. The van der Waals surface area contributed by atoms with Crippen molar-refractivity contribution < 1.29 is 4.79 Å². The minimum absolute atomic E-state index is 0.219. The van der Waals surface area contributed by atoms with Crippen molar-refractivity contribution in [1.29, 1.82) is 0 Å². The highest BCUT2D eigenvalue weighted by Crippen LogP contribution is 2.24. The lowest BCUT2D eigenvalue weighted by molar-refractivity contribution is 0.102. The highest BCUT2D eigenvalue weighted by Gasteiger charge is 2.11. The number of anilines is 1. The number of aromatic nitrogens is 3.